The van der Waals surface area contributed by atoms with Crippen LogP contribution in [0.2, 0.25) is 0 Å². The van der Waals surface area contributed by atoms with Gasteiger partial charge in [-0.2, -0.15) is 5.10 Å². The molecule has 0 bridgehead atoms. The third kappa shape index (κ3) is 1.89. The van der Waals surface area contributed by atoms with Crippen molar-refractivity contribution in [1.29, 1.82) is 0 Å². The van der Waals surface area contributed by atoms with E-state index in [0.29, 0.717) is 13.1 Å². The standard InChI is InChI=1S/C11H11N5O/c17-11(7-16-3-1-2-14-16)15-5-9-4-12-8-13-10(9)6-15/h1-4,8H,5-7H2. The van der Waals surface area contributed by atoms with Crippen molar-refractivity contribution in [3.05, 3.63) is 42.2 Å². The number of carbonyl (C=O) groups excluding carboxylic acids is 1. The fourth-order valence-electron chi connectivity index (χ4n) is 1.91. The van der Waals surface area contributed by atoms with Crippen LogP contribution in [0.4, 0.5) is 0 Å². The number of carbonyl (C=O) groups is 1. The molecular formula is C11H11N5O. The number of amides is 1. The Morgan fingerprint density at radius 3 is 3.12 bits per heavy atom. The lowest BCUT2D eigenvalue weighted by Gasteiger charge is -2.14. The maximum Gasteiger partial charge on any atom is 0.244 e. The van der Waals surface area contributed by atoms with E-state index in [0.717, 1.165) is 11.3 Å². The summed E-state index contributed by atoms with van der Waals surface area (Å²) in [6.07, 6.45) is 6.72. The van der Waals surface area contributed by atoms with Crippen LogP contribution in [0.25, 0.3) is 0 Å². The molecule has 0 aliphatic carbocycles. The van der Waals surface area contributed by atoms with Gasteiger partial charge in [-0.3, -0.25) is 9.48 Å². The molecule has 86 valence electrons. The highest BCUT2D eigenvalue weighted by molar-refractivity contribution is 5.76. The lowest BCUT2D eigenvalue weighted by molar-refractivity contribution is -0.132. The fourth-order valence-corrected chi connectivity index (χ4v) is 1.91. The van der Waals surface area contributed by atoms with Crippen LogP contribution in [0.15, 0.2) is 31.0 Å². The minimum Gasteiger partial charge on any atom is -0.331 e. The highest BCUT2D eigenvalue weighted by atomic mass is 16.2. The highest BCUT2D eigenvalue weighted by Crippen LogP contribution is 2.19. The molecule has 0 atom stereocenters. The second-order valence-corrected chi connectivity index (χ2v) is 3.95. The first-order valence-electron chi connectivity index (χ1n) is 5.36. The van der Waals surface area contributed by atoms with Crippen molar-refractivity contribution in [1.82, 2.24) is 24.6 Å². The Kier molecular flexibility index (Phi) is 2.32. The van der Waals surface area contributed by atoms with Crippen LogP contribution in [0.3, 0.4) is 0 Å². The maximum absolute atomic E-state index is 12.0. The Morgan fingerprint density at radius 2 is 2.35 bits per heavy atom. The van der Waals surface area contributed by atoms with Crippen LogP contribution in [0.5, 0.6) is 0 Å². The van der Waals surface area contributed by atoms with Gasteiger partial charge in [0.2, 0.25) is 5.91 Å². The largest absolute Gasteiger partial charge is 0.331 e. The van der Waals surface area contributed by atoms with E-state index >= 15 is 0 Å². The van der Waals surface area contributed by atoms with Crippen LogP contribution in [0, 0.1) is 0 Å². The highest BCUT2D eigenvalue weighted by Gasteiger charge is 2.24. The van der Waals surface area contributed by atoms with E-state index in [1.54, 1.807) is 34.2 Å². The minimum absolute atomic E-state index is 0.0479. The topological polar surface area (TPSA) is 63.9 Å². The van der Waals surface area contributed by atoms with Gasteiger partial charge in [-0.1, -0.05) is 0 Å². The first-order chi connectivity index (χ1) is 8.33. The smallest absolute Gasteiger partial charge is 0.244 e. The van der Waals surface area contributed by atoms with Gasteiger partial charge >= 0.3 is 0 Å². The molecule has 0 fully saturated rings. The average molecular weight is 229 g/mol. The lowest BCUT2D eigenvalue weighted by Crippen LogP contribution is -2.29. The van der Waals surface area contributed by atoms with E-state index in [9.17, 15) is 4.79 Å². The zero-order valence-corrected chi connectivity index (χ0v) is 9.15. The van der Waals surface area contributed by atoms with Gasteiger partial charge in [0.1, 0.15) is 12.9 Å². The third-order valence-corrected chi connectivity index (χ3v) is 2.79. The number of aromatic nitrogens is 4. The summed E-state index contributed by atoms with van der Waals surface area (Å²) in [5.41, 5.74) is 1.97. The molecule has 1 amide bonds. The monoisotopic (exact) mass is 229 g/mol. The number of fused-ring (bicyclic) bond motifs is 1. The van der Waals surface area contributed by atoms with Crippen molar-refractivity contribution in [2.75, 3.05) is 0 Å². The van der Waals surface area contributed by atoms with Crippen LogP contribution in [-0.2, 0) is 24.4 Å². The molecule has 0 spiro atoms. The first kappa shape index (κ1) is 9.95. The molecule has 0 N–H and O–H groups in total. The summed E-state index contributed by atoms with van der Waals surface area (Å²) in [6, 6.07) is 1.80. The molecular weight excluding hydrogens is 218 g/mol. The van der Waals surface area contributed by atoms with Crippen molar-refractivity contribution in [3.63, 3.8) is 0 Å². The van der Waals surface area contributed by atoms with E-state index in [-0.39, 0.29) is 12.5 Å². The van der Waals surface area contributed by atoms with Crippen molar-refractivity contribution in [2.24, 2.45) is 0 Å². The molecule has 1 aliphatic heterocycles. The number of hydrogen-bond acceptors (Lipinski definition) is 4. The molecule has 0 aromatic carbocycles. The molecule has 0 unspecified atom stereocenters. The van der Waals surface area contributed by atoms with Gasteiger partial charge in [0.15, 0.2) is 0 Å². The Bertz CT molecular complexity index is 512. The van der Waals surface area contributed by atoms with Gasteiger partial charge in [-0.15, -0.1) is 0 Å². The van der Waals surface area contributed by atoms with Crippen LogP contribution < -0.4 is 0 Å². The van der Waals surface area contributed by atoms with Crippen LogP contribution >= 0.6 is 0 Å². The van der Waals surface area contributed by atoms with E-state index in [1.807, 2.05) is 0 Å². The Balaban J connectivity index is 1.70. The molecule has 6 heteroatoms. The summed E-state index contributed by atoms with van der Waals surface area (Å²) in [5.74, 6) is 0.0479. The quantitative estimate of drug-likeness (QED) is 0.738. The zero-order valence-electron chi connectivity index (χ0n) is 9.15. The van der Waals surface area contributed by atoms with E-state index < -0.39 is 0 Å². The van der Waals surface area contributed by atoms with Gasteiger partial charge < -0.3 is 4.90 Å². The van der Waals surface area contributed by atoms with E-state index in [1.165, 1.54) is 6.33 Å². The van der Waals surface area contributed by atoms with Crippen molar-refractivity contribution < 1.29 is 4.79 Å². The molecule has 0 radical (unpaired) electrons. The summed E-state index contributed by atoms with van der Waals surface area (Å²) in [6.45, 7) is 1.43. The van der Waals surface area contributed by atoms with Gasteiger partial charge in [0.05, 0.1) is 12.2 Å². The van der Waals surface area contributed by atoms with Crippen molar-refractivity contribution in [2.45, 2.75) is 19.6 Å². The van der Waals surface area contributed by atoms with Gasteiger partial charge in [0, 0.05) is 30.7 Å². The predicted octanol–water partition coefficient (Wildman–Crippen LogP) is 0.215. The molecule has 3 rings (SSSR count). The molecule has 0 saturated carbocycles. The molecule has 17 heavy (non-hydrogen) atoms. The molecule has 2 aromatic rings. The predicted molar refractivity (Wildman–Crippen MR) is 58.5 cm³/mol. The number of nitrogens with zero attached hydrogens (tertiary/aromatic N) is 5. The summed E-state index contributed by atoms with van der Waals surface area (Å²) in [4.78, 5) is 21.9. The third-order valence-electron chi connectivity index (χ3n) is 2.79. The summed E-state index contributed by atoms with van der Waals surface area (Å²) >= 11 is 0. The van der Waals surface area contributed by atoms with Crippen molar-refractivity contribution in [3.8, 4) is 0 Å². The fraction of sp³-hybridized carbons (Fsp3) is 0.273. The van der Waals surface area contributed by atoms with Crippen LogP contribution in [-0.4, -0.2) is 30.6 Å². The summed E-state index contributed by atoms with van der Waals surface area (Å²) in [5, 5.41) is 4.02. The summed E-state index contributed by atoms with van der Waals surface area (Å²) in [7, 11) is 0. The minimum atomic E-state index is 0.0479. The lowest BCUT2D eigenvalue weighted by atomic mass is 10.3. The molecule has 1 aliphatic rings. The molecule has 3 heterocycles. The SMILES string of the molecule is O=C(Cn1cccn1)N1Cc2cncnc2C1. The Labute approximate surface area is 97.9 Å². The second-order valence-electron chi connectivity index (χ2n) is 3.95. The Morgan fingerprint density at radius 1 is 1.41 bits per heavy atom. The normalized spacial score (nSPS) is 13.8. The first-order valence-corrected chi connectivity index (χ1v) is 5.36. The summed E-state index contributed by atoms with van der Waals surface area (Å²) < 4.78 is 1.62. The average Bonchev–Trinajstić information content (AvgIpc) is 2.96. The van der Waals surface area contributed by atoms with E-state index in [4.69, 9.17) is 0 Å². The van der Waals surface area contributed by atoms with Gasteiger partial charge in [0.25, 0.3) is 0 Å². The molecule has 6 nitrogen and oxygen atoms in total. The number of rotatable bonds is 2. The maximum atomic E-state index is 12.0. The zero-order chi connectivity index (χ0) is 11.7. The Hall–Kier alpha value is -2.24. The van der Waals surface area contributed by atoms with Crippen LogP contribution in [0.1, 0.15) is 11.3 Å². The van der Waals surface area contributed by atoms with Gasteiger partial charge in [-0.25, -0.2) is 9.97 Å². The van der Waals surface area contributed by atoms with Gasteiger partial charge in [-0.05, 0) is 6.07 Å². The van der Waals surface area contributed by atoms with Crippen molar-refractivity contribution >= 4 is 5.91 Å². The molecule has 0 saturated heterocycles. The second kappa shape index (κ2) is 3.97. The molecule has 2 aromatic heterocycles. The number of hydrogen-bond donors (Lipinski definition) is 0. The van der Waals surface area contributed by atoms with E-state index in [2.05, 4.69) is 15.1 Å².